The van der Waals surface area contributed by atoms with Gasteiger partial charge in [-0.15, -0.1) is 0 Å². The largest absolute Gasteiger partial charge is 0.373 e. The monoisotopic (exact) mass is 242 g/mol. The summed E-state index contributed by atoms with van der Waals surface area (Å²) in [6, 6.07) is 8.47. The topological polar surface area (TPSA) is 49.8 Å². The lowest BCUT2D eigenvalue weighted by atomic mass is 10.1. The highest BCUT2D eigenvalue weighted by Gasteiger charge is 2.04. The number of aromatic nitrogens is 2. The minimum atomic E-state index is 0.765. The van der Waals surface area contributed by atoms with Gasteiger partial charge in [-0.05, 0) is 19.4 Å². The second kappa shape index (κ2) is 5.49. The molecule has 0 aliphatic heterocycles. The summed E-state index contributed by atoms with van der Waals surface area (Å²) in [6.45, 7) is 4.86. The molecular formula is C14H18N4. The van der Waals surface area contributed by atoms with Gasteiger partial charge in [0.15, 0.2) is 0 Å². The molecule has 0 radical (unpaired) electrons. The van der Waals surface area contributed by atoms with Crippen molar-refractivity contribution in [3.8, 4) is 0 Å². The van der Waals surface area contributed by atoms with Crippen molar-refractivity contribution in [3.05, 3.63) is 47.3 Å². The van der Waals surface area contributed by atoms with Gasteiger partial charge in [-0.3, -0.25) is 0 Å². The summed E-state index contributed by atoms with van der Waals surface area (Å²) in [5.74, 6) is 1.73. The van der Waals surface area contributed by atoms with E-state index in [1.54, 1.807) is 6.33 Å². The van der Waals surface area contributed by atoms with E-state index in [2.05, 4.69) is 51.8 Å². The zero-order chi connectivity index (χ0) is 13.0. The van der Waals surface area contributed by atoms with Crippen LogP contribution < -0.4 is 10.6 Å². The predicted octanol–water partition coefficient (Wildman–Crippen LogP) is 2.75. The molecule has 0 unspecified atom stereocenters. The van der Waals surface area contributed by atoms with Crippen molar-refractivity contribution in [2.24, 2.45) is 0 Å². The Balaban J connectivity index is 2.08. The molecule has 2 aromatic rings. The van der Waals surface area contributed by atoms with Crippen LogP contribution in [0.25, 0.3) is 0 Å². The first kappa shape index (κ1) is 12.4. The number of nitrogens with one attached hydrogen (secondary N) is 2. The van der Waals surface area contributed by atoms with Crippen molar-refractivity contribution < 1.29 is 0 Å². The Morgan fingerprint density at radius 3 is 2.33 bits per heavy atom. The van der Waals surface area contributed by atoms with Gasteiger partial charge in [-0.25, -0.2) is 9.97 Å². The standard InChI is InChI=1S/C14H18N4/c1-10-4-6-12(7-5-10)8-16-14-11(2)13(15-3)17-9-18-14/h4-7,9H,8H2,1-3H3,(H2,15,16,17,18). The van der Waals surface area contributed by atoms with Crippen molar-refractivity contribution in [3.63, 3.8) is 0 Å². The predicted molar refractivity (Wildman–Crippen MR) is 74.8 cm³/mol. The van der Waals surface area contributed by atoms with E-state index < -0.39 is 0 Å². The second-order valence-corrected chi connectivity index (χ2v) is 4.29. The van der Waals surface area contributed by atoms with Crippen molar-refractivity contribution in [2.45, 2.75) is 20.4 Å². The second-order valence-electron chi connectivity index (χ2n) is 4.29. The third-order valence-corrected chi connectivity index (χ3v) is 2.90. The summed E-state index contributed by atoms with van der Waals surface area (Å²) in [5, 5.41) is 6.38. The van der Waals surface area contributed by atoms with Gasteiger partial charge in [0.2, 0.25) is 0 Å². The van der Waals surface area contributed by atoms with Gasteiger partial charge < -0.3 is 10.6 Å². The SMILES string of the molecule is CNc1ncnc(NCc2ccc(C)cc2)c1C. The van der Waals surface area contributed by atoms with Gasteiger partial charge >= 0.3 is 0 Å². The van der Waals surface area contributed by atoms with Gasteiger partial charge in [0.05, 0.1) is 0 Å². The summed E-state index contributed by atoms with van der Waals surface area (Å²) in [5.41, 5.74) is 3.55. The molecule has 0 bridgehead atoms. The highest BCUT2D eigenvalue weighted by atomic mass is 15.1. The zero-order valence-corrected chi connectivity index (χ0v) is 11.0. The van der Waals surface area contributed by atoms with Crippen LogP contribution in [-0.2, 0) is 6.54 Å². The van der Waals surface area contributed by atoms with Crippen LogP contribution in [0.1, 0.15) is 16.7 Å². The maximum Gasteiger partial charge on any atom is 0.134 e. The molecule has 18 heavy (non-hydrogen) atoms. The molecule has 0 atom stereocenters. The van der Waals surface area contributed by atoms with Gasteiger partial charge in [0, 0.05) is 19.2 Å². The molecule has 2 rings (SSSR count). The first-order valence-corrected chi connectivity index (χ1v) is 5.99. The Hall–Kier alpha value is -2.10. The Bertz CT molecular complexity index is 520. The maximum atomic E-state index is 4.26. The summed E-state index contributed by atoms with van der Waals surface area (Å²) in [4.78, 5) is 8.42. The number of hydrogen-bond acceptors (Lipinski definition) is 4. The third-order valence-electron chi connectivity index (χ3n) is 2.90. The van der Waals surface area contributed by atoms with E-state index in [-0.39, 0.29) is 0 Å². The molecule has 0 spiro atoms. The molecule has 0 aliphatic rings. The van der Waals surface area contributed by atoms with E-state index in [0.717, 1.165) is 23.7 Å². The van der Waals surface area contributed by atoms with Crippen LogP contribution in [0.3, 0.4) is 0 Å². The fourth-order valence-corrected chi connectivity index (χ4v) is 1.77. The summed E-state index contributed by atoms with van der Waals surface area (Å²) < 4.78 is 0. The average Bonchev–Trinajstić information content (AvgIpc) is 2.39. The summed E-state index contributed by atoms with van der Waals surface area (Å²) in [6.07, 6.45) is 1.57. The minimum absolute atomic E-state index is 0.765. The maximum absolute atomic E-state index is 4.26. The van der Waals surface area contributed by atoms with Crippen LogP contribution in [0, 0.1) is 13.8 Å². The molecule has 1 heterocycles. The van der Waals surface area contributed by atoms with E-state index in [1.165, 1.54) is 11.1 Å². The zero-order valence-electron chi connectivity index (χ0n) is 11.0. The number of rotatable bonds is 4. The fourth-order valence-electron chi connectivity index (χ4n) is 1.77. The number of hydrogen-bond donors (Lipinski definition) is 2. The van der Waals surface area contributed by atoms with Crippen LogP contribution in [0.4, 0.5) is 11.6 Å². The molecule has 4 heteroatoms. The number of benzene rings is 1. The molecule has 0 amide bonds. The fraction of sp³-hybridized carbons (Fsp3) is 0.286. The molecule has 0 saturated heterocycles. The first-order valence-electron chi connectivity index (χ1n) is 5.99. The van der Waals surface area contributed by atoms with Gasteiger partial charge in [0.25, 0.3) is 0 Å². The lowest BCUT2D eigenvalue weighted by Gasteiger charge is -2.11. The Morgan fingerprint density at radius 2 is 1.67 bits per heavy atom. The molecule has 0 aliphatic carbocycles. The van der Waals surface area contributed by atoms with Crippen molar-refractivity contribution in [2.75, 3.05) is 17.7 Å². The first-order chi connectivity index (χ1) is 8.70. The van der Waals surface area contributed by atoms with Gasteiger partial charge in [-0.1, -0.05) is 29.8 Å². The van der Waals surface area contributed by atoms with Crippen LogP contribution in [0.2, 0.25) is 0 Å². The normalized spacial score (nSPS) is 10.2. The van der Waals surface area contributed by atoms with E-state index >= 15 is 0 Å². The van der Waals surface area contributed by atoms with E-state index in [4.69, 9.17) is 0 Å². The molecule has 1 aromatic carbocycles. The third kappa shape index (κ3) is 2.77. The molecular weight excluding hydrogens is 224 g/mol. The Labute approximate surface area is 107 Å². The molecule has 2 N–H and O–H groups in total. The van der Waals surface area contributed by atoms with E-state index in [0.29, 0.717) is 0 Å². The molecule has 94 valence electrons. The highest BCUT2D eigenvalue weighted by molar-refractivity contribution is 5.56. The van der Waals surface area contributed by atoms with Crippen molar-refractivity contribution in [1.82, 2.24) is 9.97 Å². The molecule has 0 saturated carbocycles. The highest BCUT2D eigenvalue weighted by Crippen LogP contribution is 2.18. The van der Waals surface area contributed by atoms with E-state index in [1.807, 2.05) is 14.0 Å². The Kier molecular flexibility index (Phi) is 3.77. The lowest BCUT2D eigenvalue weighted by molar-refractivity contribution is 1.06. The molecule has 0 fully saturated rings. The molecule has 1 aromatic heterocycles. The van der Waals surface area contributed by atoms with Gasteiger partial charge in [0.1, 0.15) is 18.0 Å². The average molecular weight is 242 g/mol. The molecule has 4 nitrogen and oxygen atoms in total. The minimum Gasteiger partial charge on any atom is -0.373 e. The van der Waals surface area contributed by atoms with Crippen molar-refractivity contribution >= 4 is 11.6 Å². The summed E-state index contributed by atoms with van der Waals surface area (Å²) in [7, 11) is 1.86. The summed E-state index contributed by atoms with van der Waals surface area (Å²) >= 11 is 0. The lowest BCUT2D eigenvalue weighted by Crippen LogP contribution is -2.06. The quantitative estimate of drug-likeness (QED) is 0.865. The van der Waals surface area contributed by atoms with Crippen LogP contribution in [-0.4, -0.2) is 17.0 Å². The number of anilines is 2. The van der Waals surface area contributed by atoms with Crippen molar-refractivity contribution in [1.29, 1.82) is 0 Å². The van der Waals surface area contributed by atoms with Crippen LogP contribution >= 0.6 is 0 Å². The number of aryl methyl sites for hydroxylation is 1. The van der Waals surface area contributed by atoms with Crippen LogP contribution in [0.15, 0.2) is 30.6 Å². The van der Waals surface area contributed by atoms with E-state index in [9.17, 15) is 0 Å². The number of nitrogens with zero attached hydrogens (tertiary/aromatic N) is 2. The smallest absolute Gasteiger partial charge is 0.134 e. The Morgan fingerprint density at radius 1 is 1.00 bits per heavy atom. The van der Waals surface area contributed by atoms with Crippen LogP contribution in [0.5, 0.6) is 0 Å². The van der Waals surface area contributed by atoms with Gasteiger partial charge in [-0.2, -0.15) is 0 Å².